The molecule has 30 heavy (non-hydrogen) atoms. The summed E-state index contributed by atoms with van der Waals surface area (Å²) in [6.45, 7) is 10.9. The minimum Gasteiger partial charge on any atom is -0.392 e. The summed E-state index contributed by atoms with van der Waals surface area (Å²) in [4.78, 5) is 12.1. The SMILES string of the molecule is CC1=C(/C=C/C(C)=C/C=C/C(C)=C/C(=O)Nc2ccc(CO)cc2)C(C)(C)CCC1. The first kappa shape index (κ1) is 23.6. The van der Waals surface area contributed by atoms with E-state index >= 15 is 0 Å². The average molecular weight is 406 g/mol. The highest BCUT2D eigenvalue weighted by Crippen LogP contribution is 2.40. The molecule has 1 aliphatic rings. The molecule has 160 valence electrons. The number of aliphatic hydroxyl groups is 1. The van der Waals surface area contributed by atoms with E-state index in [9.17, 15) is 4.79 Å². The van der Waals surface area contributed by atoms with Crippen LogP contribution in [0.5, 0.6) is 0 Å². The topological polar surface area (TPSA) is 49.3 Å². The highest BCUT2D eigenvalue weighted by Gasteiger charge is 2.26. The van der Waals surface area contributed by atoms with E-state index in [0.29, 0.717) is 5.69 Å². The van der Waals surface area contributed by atoms with Crippen LogP contribution in [0.4, 0.5) is 5.69 Å². The molecule has 1 aliphatic carbocycles. The van der Waals surface area contributed by atoms with E-state index in [0.717, 1.165) is 11.1 Å². The van der Waals surface area contributed by atoms with Gasteiger partial charge >= 0.3 is 0 Å². The van der Waals surface area contributed by atoms with Crippen LogP contribution in [-0.4, -0.2) is 11.0 Å². The molecule has 3 nitrogen and oxygen atoms in total. The van der Waals surface area contributed by atoms with E-state index < -0.39 is 0 Å². The van der Waals surface area contributed by atoms with Crippen molar-refractivity contribution in [3.05, 3.63) is 88.6 Å². The van der Waals surface area contributed by atoms with Gasteiger partial charge in [-0.15, -0.1) is 0 Å². The Morgan fingerprint density at radius 1 is 1.13 bits per heavy atom. The standard InChI is InChI=1S/C27H35NO2/c1-20(11-16-25-22(3)10-7-17-27(25,4)5)8-6-9-21(2)18-26(30)28-24-14-12-23(19-29)13-15-24/h6,8-9,11-16,18,29H,7,10,17,19H2,1-5H3,(H,28,30)/b9-6+,16-11+,20-8+,21-18+. The van der Waals surface area contributed by atoms with Gasteiger partial charge in [-0.1, -0.05) is 67.5 Å². The Kier molecular flexibility index (Phi) is 8.61. The molecule has 2 rings (SSSR count). The summed E-state index contributed by atoms with van der Waals surface area (Å²) in [5, 5.41) is 11.9. The molecule has 0 saturated carbocycles. The van der Waals surface area contributed by atoms with Crippen LogP contribution in [0.3, 0.4) is 0 Å². The molecule has 0 heterocycles. The second kappa shape index (κ2) is 10.9. The lowest BCUT2D eigenvalue weighted by Crippen LogP contribution is -2.19. The normalized spacial score (nSPS) is 17.8. The Bertz CT molecular complexity index is 893. The first-order chi connectivity index (χ1) is 14.2. The summed E-state index contributed by atoms with van der Waals surface area (Å²) in [6, 6.07) is 7.15. The van der Waals surface area contributed by atoms with Gasteiger partial charge in [-0.3, -0.25) is 4.79 Å². The Morgan fingerprint density at radius 3 is 2.47 bits per heavy atom. The fourth-order valence-corrected chi connectivity index (χ4v) is 3.76. The van der Waals surface area contributed by atoms with Crippen molar-refractivity contribution in [3.63, 3.8) is 0 Å². The van der Waals surface area contributed by atoms with Crippen molar-refractivity contribution in [2.24, 2.45) is 5.41 Å². The van der Waals surface area contributed by atoms with Crippen molar-refractivity contribution in [1.82, 2.24) is 0 Å². The van der Waals surface area contributed by atoms with Gasteiger partial charge in [0.2, 0.25) is 5.91 Å². The molecule has 0 aromatic heterocycles. The van der Waals surface area contributed by atoms with Crippen LogP contribution in [0.15, 0.2) is 83.0 Å². The van der Waals surface area contributed by atoms with Gasteiger partial charge < -0.3 is 10.4 Å². The number of anilines is 1. The molecule has 0 fully saturated rings. The lowest BCUT2D eigenvalue weighted by Gasteiger charge is -2.32. The van der Waals surface area contributed by atoms with Crippen molar-refractivity contribution in [3.8, 4) is 0 Å². The number of carbonyl (C=O) groups is 1. The van der Waals surface area contributed by atoms with Crippen LogP contribution in [0.2, 0.25) is 0 Å². The van der Waals surface area contributed by atoms with Gasteiger partial charge in [0, 0.05) is 11.8 Å². The second-order valence-electron chi connectivity index (χ2n) is 8.77. The first-order valence-corrected chi connectivity index (χ1v) is 10.6. The highest BCUT2D eigenvalue weighted by atomic mass is 16.3. The van der Waals surface area contributed by atoms with Crippen molar-refractivity contribution < 1.29 is 9.90 Å². The van der Waals surface area contributed by atoms with Crippen LogP contribution in [0.25, 0.3) is 0 Å². The van der Waals surface area contributed by atoms with Gasteiger partial charge in [-0.2, -0.15) is 0 Å². The molecule has 2 N–H and O–H groups in total. The average Bonchev–Trinajstić information content (AvgIpc) is 2.67. The molecular formula is C27H35NO2. The molecule has 0 unspecified atom stereocenters. The third-order valence-corrected chi connectivity index (χ3v) is 5.54. The van der Waals surface area contributed by atoms with E-state index in [1.165, 1.54) is 36.0 Å². The Hall–Kier alpha value is -2.65. The van der Waals surface area contributed by atoms with Crippen molar-refractivity contribution in [1.29, 1.82) is 0 Å². The first-order valence-electron chi connectivity index (χ1n) is 10.6. The Labute approximate surface area is 181 Å². The summed E-state index contributed by atoms with van der Waals surface area (Å²) < 4.78 is 0. The van der Waals surface area contributed by atoms with Gasteiger partial charge in [0.05, 0.1) is 6.61 Å². The highest BCUT2D eigenvalue weighted by molar-refractivity contribution is 5.99. The van der Waals surface area contributed by atoms with Gasteiger partial charge in [0.1, 0.15) is 0 Å². The van der Waals surface area contributed by atoms with Gasteiger partial charge in [0.25, 0.3) is 0 Å². The minimum atomic E-state index is -0.170. The maximum Gasteiger partial charge on any atom is 0.248 e. The molecule has 1 aromatic carbocycles. The van der Waals surface area contributed by atoms with Crippen LogP contribution in [0.1, 0.15) is 59.4 Å². The molecule has 0 saturated heterocycles. The van der Waals surface area contributed by atoms with Gasteiger partial charge in [0.15, 0.2) is 0 Å². The van der Waals surface area contributed by atoms with Crippen LogP contribution >= 0.6 is 0 Å². The molecule has 1 amide bonds. The maximum atomic E-state index is 12.1. The monoisotopic (exact) mass is 405 g/mol. The predicted molar refractivity (Wildman–Crippen MR) is 127 cm³/mol. The molecule has 0 atom stereocenters. The summed E-state index contributed by atoms with van der Waals surface area (Å²) in [5.74, 6) is -0.170. The summed E-state index contributed by atoms with van der Waals surface area (Å²) in [6.07, 6.45) is 15.7. The number of rotatable bonds is 7. The van der Waals surface area contributed by atoms with E-state index in [1.54, 1.807) is 30.3 Å². The lowest BCUT2D eigenvalue weighted by molar-refractivity contribution is -0.111. The maximum absolute atomic E-state index is 12.1. The third kappa shape index (κ3) is 7.31. The number of hydrogen-bond acceptors (Lipinski definition) is 2. The number of allylic oxidation sites excluding steroid dienone is 9. The van der Waals surface area contributed by atoms with Crippen LogP contribution < -0.4 is 5.32 Å². The van der Waals surface area contributed by atoms with E-state index in [2.05, 4.69) is 51.2 Å². The number of amides is 1. The lowest BCUT2D eigenvalue weighted by atomic mass is 9.72. The summed E-state index contributed by atoms with van der Waals surface area (Å²) in [5.41, 5.74) is 6.79. The van der Waals surface area contributed by atoms with Crippen molar-refractivity contribution in [2.75, 3.05) is 5.32 Å². The van der Waals surface area contributed by atoms with Gasteiger partial charge in [-0.05, 0) is 74.3 Å². The fraction of sp³-hybridized carbons (Fsp3) is 0.370. The largest absolute Gasteiger partial charge is 0.392 e. The zero-order chi connectivity index (χ0) is 22.1. The zero-order valence-corrected chi connectivity index (χ0v) is 19.0. The van der Waals surface area contributed by atoms with Gasteiger partial charge in [-0.25, -0.2) is 0 Å². The molecule has 0 spiro atoms. The fourth-order valence-electron chi connectivity index (χ4n) is 3.76. The summed E-state index contributed by atoms with van der Waals surface area (Å²) in [7, 11) is 0. The minimum absolute atomic E-state index is 0.00484. The van der Waals surface area contributed by atoms with Crippen LogP contribution in [0, 0.1) is 5.41 Å². The molecular weight excluding hydrogens is 370 g/mol. The predicted octanol–water partition coefficient (Wildman–Crippen LogP) is 6.65. The van der Waals surface area contributed by atoms with E-state index in [1.807, 2.05) is 19.1 Å². The summed E-state index contributed by atoms with van der Waals surface area (Å²) >= 11 is 0. The Balaban J connectivity index is 1.95. The zero-order valence-electron chi connectivity index (χ0n) is 19.0. The molecule has 3 heteroatoms. The number of benzene rings is 1. The third-order valence-electron chi connectivity index (χ3n) is 5.54. The smallest absolute Gasteiger partial charge is 0.248 e. The van der Waals surface area contributed by atoms with E-state index in [4.69, 9.17) is 5.11 Å². The molecule has 0 bridgehead atoms. The quantitative estimate of drug-likeness (QED) is 0.394. The number of carbonyl (C=O) groups excluding carboxylic acids is 1. The molecule has 1 aromatic rings. The van der Waals surface area contributed by atoms with Crippen molar-refractivity contribution >= 4 is 11.6 Å². The number of nitrogens with one attached hydrogen (secondary N) is 1. The number of hydrogen-bond donors (Lipinski definition) is 2. The van der Waals surface area contributed by atoms with Crippen molar-refractivity contribution in [2.45, 2.75) is 60.5 Å². The van der Waals surface area contributed by atoms with Crippen LogP contribution in [-0.2, 0) is 11.4 Å². The Morgan fingerprint density at radius 2 is 1.83 bits per heavy atom. The molecule has 0 aliphatic heterocycles. The van der Waals surface area contributed by atoms with E-state index in [-0.39, 0.29) is 17.9 Å². The molecule has 0 radical (unpaired) electrons. The second-order valence-corrected chi connectivity index (χ2v) is 8.77. The number of aliphatic hydroxyl groups excluding tert-OH is 1.